The lowest BCUT2D eigenvalue weighted by Gasteiger charge is -2.26. The Hall–Kier alpha value is -0.640. The molecule has 0 saturated heterocycles. The number of aromatic nitrogens is 1. The Morgan fingerprint density at radius 2 is 2.24 bits per heavy atom. The van der Waals surface area contributed by atoms with Gasteiger partial charge in [0.15, 0.2) is 0 Å². The Morgan fingerprint density at radius 1 is 1.47 bits per heavy atom. The summed E-state index contributed by atoms with van der Waals surface area (Å²) in [4.78, 5) is 4.00. The summed E-state index contributed by atoms with van der Waals surface area (Å²) < 4.78 is 5.74. The van der Waals surface area contributed by atoms with Gasteiger partial charge in [-0.1, -0.05) is 18.5 Å². The minimum atomic E-state index is 0.217. The third kappa shape index (κ3) is 4.26. The molecule has 3 nitrogen and oxygen atoms in total. The lowest BCUT2D eigenvalue weighted by atomic mass is 10.0. The van der Waals surface area contributed by atoms with Crippen molar-refractivity contribution in [2.24, 2.45) is 0 Å². The molecule has 1 aromatic rings. The summed E-state index contributed by atoms with van der Waals surface area (Å²) in [5.74, 6) is 0. The van der Waals surface area contributed by atoms with Crippen LogP contribution in [0, 0.1) is 0 Å². The van der Waals surface area contributed by atoms with Gasteiger partial charge in [-0.25, -0.2) is 0 Å². The fraction of sp³-hybridized carbons (Fsp3) is 0.615. The number of halogens is 1. The second kappa shape index (κ2) is 7.64. The summed E-state index contributed by atoms with van der Waals surface area (Å²) in [6.45, 7) is 4.90. The summed E-state index contributed by atoms with van der Waals surface area (Å²) >= 11 is 6.12. The summed E-state index contributed by atoms with van der Waals surface area (Å²) in [6.07, 6.45) is 5.52. The molecule has 0 aliphatic rings. The molecule has 2 atom stereocenters. The maximum Gasteiger partial charge on any atom is 0.0728 e. The van der Waals surface area contributed by atoms with Crippen LogP contribution in [0.5, 0.6) is 0 Å². The lowest BCUT2D eigenvalue weighted by Crippen LogP contribution is -2.40. The van der Waals surface area contributed by atoms with Crippen LogP contribution in [0.25, 0.3) is 0 Å². The highest BCUT2D eigenvalue weighted by Crippen LogP contribution is 2.18. The van der Waals surface area contributed by atoms with E-state index in [1.165, 1.54) is 0 Å². The Labute approximate surface area is 109 Å². The second-order valence-electron chi connectivity index (χ2n) is 3.97. The third-order valence-electron chi connectivity index (χ3n) is 2.90. The van der Waals surface area contributed by atoms with Gasteiger partial charge in [-0.2, -0.15) is 0 Å². The van der Waals surface area contributed by atoms with Crippen molar-refractivity contribution in [1.82, 2.24) is 10.3 Å². The van der Waals surface area contributed by atoms with Gasteiger partial charge in [0.05, 0.1) is 11.1 Å². The molecule has 0 aliphatic heterocycles. The largest absolute Gasteiger partial charge is 0.377 e. The first-order valence-electron chi connectivity index (χ1n) is 6.10. The normalized spacial score (nSPS) is 14.6. The number of pyridine rings is 1. The van der Waals surface area contributed by atoms with Gasteiger partial charge in [0, 0.05) is 25.0 Å². The number of nitrogens with zero attached hydrogens (tertiary/aromatic N) is 1. The standard InChI is InChI=1S/C13H21ClN2O/c1-4-13(17-5-2)12(15-3)8-10-6-7-16-9-11(10)14/h6-7,9,12-13,15H,4-5,8H2,1-3H3. The van der Waals surface area contributed by atoms with E-state index < -0.39 is 0 Å². The Morgan fingerprint density at radius 3 is 2.76 bits per heavy atom. The van der Waals surface area contributed by atoms with Gasteiger partial charge >= 0.3 is 0 Å². The Balaban J connectivity index is 2.72. The molecule has 1 rings (SSSR count). The number of hydrogen-bond donors (Lipinski definition) is 1. The van der Waals surface area contributed by atoms with E-state index in [1.807, 2.05) is 20.0 Å². The highest BCUT2D eigenvalue weighted by Gasteiger charge is 2.19. The van der Waals surface area contributed by atoms with E-state index in [2.05, 4.69) is 17.2 Å². The average molecular weight is 257 g/mol. The van der Waals surface area contributed by atoms with Gasteiger partial charge < -0.3 is 10.1 Å². The maximum absolute atomic E-state index is 6.12. The van der Waals surface area contributed by atoms with Crippen LogP contribution in [0.3, 0.4) is 0 Å². The van der Waals surface area contributed by atoms with Crippen molar-refractivity contribution in [1.29, 1.82) is 0 Å². The van der Waals surface area contributed by atoms with Crippen molar-refractivity contribution in [3.63, 3.8) is 0 Å². The predicted molar refractivity (Wildman–Crippen MR) is 71.5 cm³/mol. The SMILES string of the molecule is CCOC(CC)C(Cc1ccncc1Cl)NC. The quantitative estimate of drug-likeness (QED) is 0.815. The second-order valence-corrected chi connectivity index (χ2v) is 4.38. The van der Waals surface area contributed by atoms with Crippen LogP contribution in [0.4, 0.5) is 0 Å². The molecule has 96 valence electrons. The molecule has 1 N–H and O–H groups in total. The van der Waals surface area contributed by atoms with E-state index in [1.54, 1.807) is 12.4 Å². The van der Waals surface area contributed by atoms with E-state index in [4.69, 9.17) is 16.3 Å². The van der Waals surface area contributed by atoms with Gasteiger partial charge in [0.2, 0.25) is 0 Å². The molecule has 2 unspecified atom stereocenters. The first kappa shape index (κ1) is 14.4. The van der Waals surface area contributed by atoms with Crippen molar-refractivity contribution in [3.05, 3.63) is 29.0 Å². The number of ether oxygens (including phenoxy) is 1. The van der Waals surface area contributed by atoms with Gasteiger partial charge in [-0.05, 0) is 38.4 Å². The van der Waals surface area contributed by atoms with E-state index in [-0.39, 0.29) is 12.1 Å². The van der Waals surface area contributed by atoms with Crippen LogP contribution in [0.15, 0.2) is 18.5 Å². The minimum absolute atomic E-state index is 0.217. The summed E-state index contributed by atoms with van der Waals surface area (Å²) in [6, 6.07) is 2.24. The molecule has 0 amide bonds. The molecule has 0 bridgehead atoms. The van der Waals surface area contributed by atoms with Gasteiger partial charge in [-0.15, -0.1) is 0 Å². The van der Waals surface area contributed by atoms with Crippen molar-refractivity contribution in [2.45, 2.75) is 38.8 Å². The van der Waals surface area contributed by atoms with Crippen molar-refractivity contribution < 1.29 is 4.74 Å². The zero-order valence-electron chi connectivity index (χ0n) is 10.7. The average Bonchev–Trinajstić information content (AvgIpc) is 2.35. The third-order valence-corrected chi connectivity index (χ3v) is 3.24. The summed E-state index contributed by atoms with van der Waals surface area (Å²) in [5, 5.41) is 4.03. The van der Waals surface area contributed by atoms with Crippen LogP contribution >= 0.6 is 11.6 Å². The summed E-state index contributed by atoms with van der Waals surface area (Å²) in [5.41, 5.74) is 1.11. The van der Waals surface area contributed by atoms with Crippen molar-refractivity contribution >= 4 is 11.6 Å². The molecule has 0 radical (unpaired) electrons. The van der Waals surface area contributed by atoms with E-state index in [0.29, 0.717) is 0 Å². The molecule has 0 fully saturated rings. The van der Waals surface area contributed by atoms with Crippen molar-refractivity contribution in [2.75, 3.05) is 13.7 Å². The van der Waals surface area contributed by atoms with E-state index >= 15 is 0 Å². The van der Waals surface area contributed by atoms with Crippen LogP contribution in [-0.2, 0) is 11.2 Å². The van der Waals surface area contributed by atoms with Crippen LogP contribution in [0.2, 0.25) is 5.02 Å². The van der Waals surface area contributed by atoms with Crippen LogP contribution in [0.1, 0.15) is 25.8 Å². The maximum atomic E-state index is 6.12. The Bertz CT molecular complexity index is 333. The van der Waals surface area contributed by atoms with Gasteiger partial charge in [0.25, 0.3) is 0 Å². The molecule has 1 aromatic heterocycles. The highest BCUT2D eigenvalue weighted by molar-refractivity contribution is 6.31. The lowest BCUT2D eigenvalue weighted by molar-refractivity contribution is 0.0339. The van der Waals surface area contributed by atoms with Crippen molar-refractivity contribution in [3.8, 4) is 0 Å². The number of hydrogen-bond acceptors (Lipinski definition) is 3. The van der Waals surface area contributed by atoms with E-state index in [9.17, 15) is 0 Å². The first-order chi connectivity index (χ1) is 8.22. The van der Waals surface area contributed by atoms with E-state index in [0.717, 1.165) is 30.0 Å². The smallest absolute Gasteiger partial charge is 0.0728 e. The molecule has 0 spiro atoms. The zero-order valence-corrected chi connectivity index (χ0v) is 11.5. The highest BCUT2D eigenvalue weighted by atomic mass is 35.5. The fourth-order valence-electron chi connectivity index (χ4n) is 1.96. The van der Waals surface area contributed by atoms with Crippen LogP contribution in [-0.4, -0.2) is 30.8 Å². The summed E-state index contributed by atoms with van der Waals surface area (Å²) in [7, 11) is 1.96. The van der Waals surface area contributed by atoms with Gasteiger partial charge in [-0.3, -0.25) is 4.98 Å². The molecule has 0 aromatic carbocycles. The number of rotatable bonds is 7. The molecule has 0 aliphatic carbocycles. The Kier molecular flexibility index (Phi) is 6.48. The molecule has 0 saturated carbocycles. The molecular weight excluding hydrogens is 236 g/mol. The topological polar surface area (TPSA) is 34.1 Å². The molecule has 4 heteroatoms. The fourth-order valence-corrected chi connectivity index (χ4v) is 2.15. The van der Waals surface area contributed by atoms with Gasteiger partial charge in [0.1, 0.15) is 0 Å². The molecular formula is C13H21ClN2O. The van der Waals surface area contributed by atoms with Crippen LogP contribution < -0.4 is 5.32 Å². The molecule has 1 heterocycles. The minimum Gasteiger partial charge on any atom is -0.377 e. The number of likely N-dealkylation sites (N-methyl/N-ethyl adjacent to an activating group) is 1. The monoisotopic (exact) mass is 256 g/mol. The number of nitrogens with one attached hydrogen (secondary N) is 1. The molecule has 17 heavy (non-hydrogen) atoms. The predicted octanol–water partition coefficient (Wildman–Crippen LogP) is 2.68. The first-order valence-corrected chi connectivity index (χ1v) is 6.47. The zero-order chi connectivity index (χ0) is 12.7.